The van der Waals surface area contributed by atoms with Gasteiger partial charge in [0.1, 0.15) is 5.82 Å². The van der Waals surface area contributed by atoms with Crippen LogP contribution >= 0.6 is 0 Å². The molecule has 0 saturated carbocycles. The highest BCUT2D eigenvalue weighted by Gasteiger charge is 2.16. The molecule has 0 aliphatic carbocycles. The number of carboxylic acids is 1. The summed E-state index contributed by atoms with van der Waals surface area (Å²) in [7, 11) is 0. The highest BCUT2D eigenvalue weighted by Crippen LogP contribution is 2.16. The zero-order valence-electron chi connectivity index (χ0n) is 11.1. The van der Waals surface area contributed by atoms with E-state index in [1.54, 1.807) is 0 Å². The first-order valence-electron chi connectivity index (χ1n) is 6.25. The van der Waals surface area contributed by atoms with Gasteiger partial charge in [-0.25, -0.2) is 9.18 Å². The van der Waals surface area contributed by atoms with Gasteiger partial charge in [-0.05, 0) is 43.7 Å². The number of hydrogen-bond acceptors (Lipinski definition) is 2. The van der Waals surface area contributed by atoms with Crippen molar-refractivity contribution in [3.8, 4) is 0 Å². The number of nitrogens with zero attached hydrogens (tertiary/aromatic N) is 1. The summed E-state index contributed by atoms with van der Waals surface area (Å²) in [6, 6.07) is 4.18. The van der Waals surface area contributed by atoms with Crippen LogP contribution in [0.25, 0.3) is 0 Å². The molecular formula is C14H20FNO2. The summed E-state index contributed by atoms with van der Waals surface area (Å²) in [5, 5.41) is 9.10. The molecule has 0 spiro atoms. The van der Waals surface area contributed by atoms with Crippen molar-refractivity contribution in [2.75, 3.05) is 6.54 Å². The largest absolute Gasteiger partial charge is 0.478 e. The molecule has 1 aromatic rings. The maximum atomic E-state index is 13.2. The first-order chi connectivity index (χ1) is 8.49. The van der Waals surface area contributed by atoms with Crippen molar-refractivity contribution >= 4 is 5.97 Å². The summed E-state index contributed by atoms with van der Waals surface area (Å²) >= 11 is 0. The molecule has 0 saturated heterocycles. The number of carboxylic acid groups (broad SMARTS) is 1. The van der Waals surface area contributed by atoms with Crippen LogP contribution < -0.4 is 0 Å². The monoisotopic (exact) mass is 253 g/mol. The van der Waals surface area contributed by atoms with Gasteiger partial charge >= 0.3 is 5.97 Å². The van der Waals surface area contributed by atoms with Crippen molar-refractivity contribution in [1.29, 1.82) is 0 Å². The van der Waals surface area contributed by atoms with Crippen LogP contribution in [0.5, 0.6) is 0 Å². The molecule has 3 nitrogen and oxygen atoms in total. The quantitative estimate of drug-likeness (QED) is 0.846. The van der Waals surface area contributed by atoms with Gasteiger partial charge in [0.05, 0.1) is 5.56 Å². The molecule has 0 aliphatic rings. The third-order valence-electron chi connectivity index (χ3n) is 3.29. The molecule has 1 unspecified atom stereocenters. The minimum absolute atomic E-state index is 0.179. The van der Waals surface area contributed by atoms with Gasteiger partial charge in [0.25, 0.3) is 0 Å². The van der Waals surface area contributed by atoms with E-state index in [4.69, 9.17) is 5.11 Å². The molecule has 0 aliphatic heterocycles. The fourth-order valence-corrected chi connectivity index (χ4v) is 1.96. The SMILES string of the molecule is CCC(C)N(CC)Cc1cc(F)ccc1C(=O)O. The van der Waals surface area contributed by atoms with Crippen molar-refractivity contribution in [2.24, 2.45) is 0 Å². The summed E-state index contributed by atoms with van der Waals surface area (Å²) in [5.41, 5.74) is 0.711. The zero-order valence-corrected chi connectivity index (χ0v) is 11.1. The van der Waals surface area contributed by atoms with Gasteiger partial charge in [0.2, 0.25) is 0 Å². The molecule has 0 heterocycles. The van der Waals surface area contributed by atoms with Gasteiger partial charge in [-0.1, -0.05) is 13.8 Å². The fraction of sp³-hybridized carbons (Fsp3) is 0.500. The predicted molar refractivity (Wildman–Crippen MR) is 69.2 cm³/mol. The lowest BCUT2D eigenvalue weighted by molar-refractivity contribution is 0.0693. The van der Waals surface area contributed by atoms with Crippen LogP contribution in [0.2, 0.25) is 0 Å². The Balaban J connectivity index is 3.00. The Morgan fingerprint density at radius 1 is 1.44 bits per heavy atom. The van der Waals surface area contributed by atoms with E-state index >= 15 is 0 Å². The van der Waals surface area contributed by atoms with Crippen LogP contribution in [0.15, 0.2) is 18.2 Å². The van der Waals surface area contributed by atoms with Crippen molar-refractivity contribution in [2.45, 2.75) is 39.8 Å². The molecule has 0 fully saturated rings. The summed E-state index contributed by atoms with van der Waals surface area (Å²) < 4.78 is 13.2. The molecule has 0 radical (unpaired) electrons. The number of rotatable bonds is 6. The van der Waals surface area contributed by atoms with Crippen LogP contribution in [0.3, 0.4) is 0 Å². The first-order valence-corrected chi connectivity index (χ1v) is 6.25. The van der Waals surface area contributed by atoms with Gasteiger partial charge in [0.15, 0.2) is 0 Å². The van der Waals surface area contributed by atoms with Crippen molar-refractivity contribution in [1.82, 2.24) is 4.90 Å². The molecule has 0 amide bonds. The second kappa shape index (κ2) is 6.50. The third kappa shape index (κ3) is 3.53. The summed E-state index contributed by atoms with van der Waals surface area (Å²) in [4.78, 5) is 13.2. The van der Waals surface area contributed by atoms with Gasteiger partial charge in [-0.15, -0.1) is 0 Å². The number of hydrogen-bond donors (Lipinski definition) is 1. The number of benzene rings is 1. The lowest BCUT2D eigenvalue weighted by Crippen LogP contribution is -2.32. The summed E-state index contributed by atoms with van der Waals surface area (Å²) in [5.74, 6) is -1.40. The Morgan fingerprint density at radius 2 is 2.11 bits per heavy atom. The van der Waals surface area contributed by atoms with Crippen LogP contribution in [0.1, 0.15) is 43.1 Å². The Hall–Kier alpha value is -1.42. The summed E-state index contributed by atoms with van der Waals surface area (Å²) in [6.45, 7) is 7.46. The Morgan fingerprint density at radius 3 is 2.61 bits per heavy atom. The van der Waals surface area contributed by atoms with Crippen LogP contribution in [0.4, 0.5) is 4.39 Å². The molecule has 0 aromatic heterocycles. The maximum absolute atomic E-state index is 13.2. The Kier molecular flexibility index (Phi) is 5.28. The normalized spacial score (nSPS) is 12.7. The van der Waals surface area contributed by atoms with Gasteiger partial charge in [0, 0.05) is 12.6 Å². The third-order valence-corrected chi connectivity index (χ3v) is 3.29. The zero-order chi connectivity index (χ0) is 13.7. The molecule has 18 heavy (non-hydrogen) atoms. The van der Waals surface area contributed by atoms with Gasteiger partial charge in [-0.3, -0.25) is 4.90 Å². The standard InChI is InChI=1S/C14H20FNO2/c1-4-10(3)16(5-2)9-11-8-12(15)6-7-13(11)14(17)18/h6-8,10H,4-5,9H2,1-3H3,(H,17,18). The molecule has 1 N–H and O–H groups in total. The van der Waals surface area contributed by atoms with Crippen molar-refractivity contribution in [3.05, 3.63) is 35.1 Å². The number of aromatic carboxylic acids is 1. The average Bonchev–Trinajstić information content (AvgIpc) is 2.34. The van der Waals surface area contributed by atoms with Crippen LogP contribution in [-0.2, 0) is 6.54 Å². The smallest absolute Gasteiger partial charge is 0.336 e. The molecule has 0 bridgehead atoms. The molecular weight excluding hydrogens is 233 g/mol. The summed E-state index contributed by atoms with van der Waals surface area (Å²) in [6.07, 6.45) is 0.978. The molecule has 4 heteroatoms. The van der Waals surface area contributed by atoms with Gasteiger partial charge < -0.3 is 5.11 Å². The second-order valence-corrected chi connectivity index (χ2v) is 4.43. The van der Waals surface area contributed by atoms with Crippen LogP contribution in [-0.4, -0.2) is 28.6 Å². The van der Waals surface area contributed by atoms with E-state index in [1.165, 1.54) is 18.2 Å². The lowest BCUT2D eigenvalue weighted by Gasteiger charge is -2.27. The number of halogens is 1. The minimum atomic E-state index is -1.01. The van der Waals surface area contributed by atoms with Crippen molar-refractivity contribution in [3.63, 3.8) is 0 Å². The van der Waals surface area contributed by atoms with Crippen molar-refractivity contribution < 1.29 is 14.3 Å². The lowest BCUT2D eigenvalue weighted by atomic mass is 10.1. The number of carbonyl (C=O) groups is 1. The van der Waals surface area contributed by atoms with E-state index in [-0.39, 0.29) is 5.56 Å². The van der Waals surface area contributed by atoms with E-state index in [9.17, 15) is 9.18 Å². The average molecular weight is 253 g/mol. The van der Waals surface area contributed by atoms with Crippen LogP contribution in [0, 0.1) is 5.82 Å². The molecule has 1 rings (SSSR count). The Labute approximate surface area is 107 Å². The maximum Gasteiger partial charge on any atom is 0.336 e. The minimum Gasteiger partial charge on any atom is -0.478 e. The molecule has 1 atom stereocenters. The first kappa shape index (κ1) is 14.6. The second-order valence-electron chi connectivity index (χ2n) is 4.43. The topological polar surface area (TPSA) is 40.5 Å². The van der Waals surface area contributed by atoms with E-state index in [1.807, 2.05) is 6.92 Å². The van der Waals surface area contributed by atoms with E-state index < -0.39 is 11.8 Å². The van der Waals surface area contributed by atoms with E-state index in [0.717, 1.165) is 13.0 Å². The van der Waals surface area contributed by atoms with E-state index in [0.29, 0.717) is 18.2 Å². The predicted octanol–water partition coefficient (Wildman–Crippen LogP) is 3.14. The molecule has 100 valence electrons. The highest BCUT2D eigenvalue weighted by atomic mass is 19.1. The van der Waals surface area contributed by atoms with Gasteiger partial charge in [-0.2, -0.15) is 0 Å². The fourth-order valence-electron chi connectivity index (χ4n) is 1.96. The van der Waals surface area contributed by atoms with E-state index in [2.05, 4.69) is 18.7 Å². The molecule has 1 aromatic carbocycles. The Bertz CT molecular complexity index is 420. The highest BCUT2D eigenvalue weighted by molar-refractivity contribution is 5.89.